The molecular formula is C46H74O14. The fourth-order valence-corrected chi connectivity index (χ4v) is 11.0. The van der Waals surface area contributed by atoms with Gasteiger partial charge in [0.05, 0.1) is 66.6 Å². The van der Waals surface area contributed by atoms with Crippen LogP contribution in [-0.2, 0) is 47.6 Å². The molecule has 14 nitrogen and oxygen atoms in total. The fraction of sp³-hybridized carbons (Fsp3) is 0.870. The maximum atomic E-state index is 14.6. The van der Waals surface area contributed by atoms with Crippen molar-refractivity contribution < 1.29 is 68.0 Å². The van der Waals surface area contributed by atoms with Gasteiger partial charge < -0.3 is 48.8 Å². The van der Waals surface area contributed by atoms with Crippen LogP contribution in [-0.4, -0.2) is 110 Å². The minimum Gasteiger partial charge on any atom is -0.481 e. The maximum Gasteiger partial charge on any atom is 0.309 e. The number of aliphatic hydroxyl groups excluding tert-OH is 1. The molecule has 0 aromatic carbocycles. The molecule has 60 heavy (non-hydrogen) atoms. The van der Waals surface area contributed by atoms with Crippen LogP contribution in [0.2, 0.25) is 0 Å². The van der Waals surface area contributed by atoms with Crippen LogP contribution in [0.5, 0.6) is 0 Å². The van der Waals surface area contributed by atoms with Gasteiger partial charge in [-0.3, -0.25) is 19.2 Å². The summed E-state index contributed by atoms with van der Waals surface area (Å²) in [6.07, 6.45) is 3.54. The van der Waals surface area contributed by atoms with E-state index in [9.17, 15) is 39.6 Å². The van der Waals surface area contributed by atoms with Crippen molar-refractivity contribution in [3.63, 3.8) is 0 Å². The van der Waals surface area contributed by atoms with Crippen LogP contribution in [0.4, 0.5) is 0 Å². The molecule has 342 valence electrons. The standard InChI is InChI=1S/C46H74O14/c1-11-31(42(52)53)33-15-14-25(4)40(56-33)29(8)38(50)28(7)39(51)32(12-2)41-26(5)24-27(6)45(58-41)21-19-35(57-37(49)17-16-36(47)48)46(60-45)23-22-43(10,59-46)34-18-20-44(54,13-3)30(9)55-34/h19,21,25-35,38,40-41,50,54H,11-18,20,22-24H2,1-10H3,(H,47,48)(H,52,53)/t25-,26-,27+,28-,29-,30-,31+,32-,33+,34+,35+,38+,40+,41-,43-,44+,45-,46-/m0/s1. The zero-order chi connectivity index (χ0) is 44.5. The van der Waals surface area contributed by atoms with E-state index in [1.165, 1.54) is 0 Å². The second-order valence-electron chi connectivity index (χ2n) is 19.3. The molecule has 0 bridgehead atoms. The van der Waals surface area contributed by atoms with E-state index in [4.69, 9.17) is 28.4 Å². The second-order valence-corrected chi connectivity index (χ2v) is 19.3. The van der Waals surface area contributed by atoms with Crippen molar-refractivity contribution >= 4 is 23.7 Å². The molecule has 0 aliphatic carbocycles. The molecule has 0 aromatic rings. The molecule has 0 saturated carbocycles. The van der Waals surface area contributed by atoms with Crippen LogP contribution in [0.1, 0.15) is 146 Å². The number of esters is 1. The van der Waals surface area contributed by atoms with Crippen molar-refractivity contribution in [1.29, 1.82) is 0 Å². The van der Waals surface area contributed by atoms with Crippen LogP contribution in [0.15, 0.2) is 12.2 Å². The largest absolute Gasteiger partial charge is 0.481 e. The van der Waals surface area contributed by atoms with Crippen molar-refractivity contribution in [1.82, 2.24) is 0 Å². The van der Waals surface area contributed by atoms with Gasteiger partial charge in [0.1, 0.15) is 5.78 Å². The van der Waals surface area contributed by atoms with Crippen molar-refractivity contribution in [3.8, 4) is 0 Å². The Kier molecular flexibility index (Phi) is 15.5. The quantitative estimate of drug-likeness (QED) is 0.0955. The van der Waals surface area contributed by atoms with Crippen molar-refractivity contribution in [2.24, 2.45) is 41.4 Å². The Labute approximate surface area is 356 Å². The number of carboxylic acids is 2. The molecule has 4 saturated heterocycles. The number of aliphatic carboxylic acids is 2. The molecule has 0 radical (unpaired) electrons. The lowest BCUT2D eigenvalue weighted by molar-refractivity contribution is -0.409. The number of rotatable bonds is 16. The molecule has 5 rings (SSSR count). The van der Waals surface area contributed by atoms with E-state index >= 15 is 0 Å². The predicted octanol–water partition coefficient (Wildman–Crippen LogP) is 6.60. The van der Waals surface area contributed by atoms with Gasteiger partial charge in [0.2, 0.25) is 5.79 Å². The number of aliphatic hydroxyl groups is 2. The van der Waals surface area contributed by atoms with Gasteiger partial charge in [-0.15, -0.1) is 0 Å². The monoisotopic (exact) mass is 851 g/mol. The van der Waals surface area contributed by atoms with E-state index in [0.717, 1.165) is 6.42 Å². The number of Topliss-reactive ketones (excluding diaryl/α,β-unsaturated/α-hetero) is 1. The van der Waals surface area contributed by atoms with Gasteiger partial charge >= 0.3 is 17.9 Å². The molecule has 2 spiro atoms. The average molecular weight is 851 g/mol. The first-order valence-corrected chi connectivity index (χ1v) is 22.8. The summed E-state index contributed by atoms with van der Waals surface area (Å²) in [6, 6.07) is 0. The highest BCUT2D eigenvalue weighted by Gasteiger charge is 2.64. The number of carbonyl (C=O) groups excluding carboxylic acids is 2. The summed E-state index contributed by atoms with van der Waals surface area (Å²) < 4.78 is 39.9. The highest BCUT2D eigenvalue weighted by atomic mass is 16.8. The van der Waals surface area contributed by atoms with Crippen LogP contribution in [0, 0.1) is 41.4 Å². The topological polar surface area (TPSA) is 205 Å². The third-order valence-corrected chi connectivity index (χ3v) is 15.2. The van der Waals surface area contributed by atoms with Crippen molar-refractivity contribution in [3.05, 3.63) is 12.2 Å². The van der Waals surface area contributed by atoms with E-state index in [-0.39, 0.29) is 30.0 Å². The zero-order valence-corrected chi connectivity index (χ0v) is 37.6. The normalized spacial score (nSPS) is 42.0. The summed E-state index contributed by atoms with van der Waals surface area (Å²) in [4.78, 5) is 51.0. The lowest BCUT2D eigenvalue weighted by atomic mass is 9.72. The van der Waals surface area contributed by atoms with Crippen LogP contribution >= 0.6 is 0 Å². The average Bonchev–Trinajstić information content (AvgIpc) is 3.54. The molecule has 4 N–H and O–H groups in total. The molecule has 5 heterocycles. The van der Waals surface area contributed by atoms with Gasteiger partial charge in [-0.1, -0.05) is 55.4 Å². The molecule has 0 amide bonds. The summed E-state index contributed by atoms with van der Waals surface area (Å²) in [5.74, 6) is -8.51. The fourth-order valence-electron chi connectivity index (χ4n) is 11.0. The van der Waals surface area contributed by atoms with Crippen molar-refractivity contribution in [2.75, 3.05) is 0 Å². The summed E-state index contributed by atoms with van der Waals surface area (Å²) >= 11 is 0. The summed E-state index contributed by atoms with van der Waals surface area (Å²) in [5.41, 5.74) is -1.86. The van der Waals surface area contributed by atoms with Crippen LogP contribution in [0.25, 0.3) is 0 Å². The van der Waals surface area contributed by atoms with Gasteiger partial charge in [0.25, 0.3) is 0 Å². The van der Waals surface area contributed by atoms with E-state index in [0.29, 0.717) is 57.8 Å². The highest BCUT2D eigenvalue weighted by Crippen LogP contribution is 2.54. The number of hydrogen-bond donors (Lipinski definition) is 4. The molecule has 18 atom stereocenters. The minimum absolute atomic E-state index is 0.0691. The first-order chi connectivity index (χ1) is 28.1. The highest BCUT2D eigenvalue weighted by molar-refractivity contribution is 5.84. The summed E-state index contributed by atoms with van der Waals surface area (Å²) in [5, 5.41) is 42.0. The third kappa shape index (κ3) is 9.70. The molecule has 0 aromatic heterocycles. The SMILES string of the molecule is CC[C@@H](C(=O)[C@@H](C)[C@@H](O)[C@H](C)[C@@H]1O[C@@H]([C@@H](CC)C(=O)O)CC[C@@H]1C)[C@H]1O[C@]2(C=C[C@@H](OC(=O)CCC(=O)O)[C@]3(CC[C@@](C)([C@H]4CC[C@](O)(CC)[C@H](C)O4)O3)O2)[C@H](C)C[C@@H]1C. The number of ketones is 1. The lowest BCUT2D eigenvalue weighted by Gasteiger charge is -2.54. The Bertz CT molecular complexity index is 1570. The number of carboxylic acid groups (broad SMARTS) is 2. The van der Waals surface area contributed by atoms with E-state index in [2.05, 4.69) is 6.92 Å². The predicted molar refractivity (Wildman–Crippen MR) is 219 cm³/mol. The third-order valence-electron chi connectivity index (χ3n) is 15.2. The van der Waals surface area contributed by atoms with E-state index in [1.807, 2.05) is 55.4 Å². The van der Waals surface area contributed by atoms with Gasteiger partial charge in [-0.2, -0.15) is 0 Å². The molecular weight excluding hydrogens is 776 g/mol. The Balaban J connectivity index is 1.39. The van der Waals surface area contributed by atoms with Crippen molar-refractivity contribution in [2.45, 2.75) is 212 Å². The van der Waals surface area contributed by atoms with Gasteiger partial charge in [-0.05, 0) is 95.6 Å². The van der Waals surface area contributed by atoms with E-state index < -0.39 is 114 Å². The smallest absolute Gasteiger partial charge is 0.309 e. The molecule has 4 fully saturated rings. The molecule has 0 unspecified atom stereocenters. The zero-order valence-electron chi connectivity index (χ0n) is 37.6. The van der Waals surface area contributed by atoms with Crippen LogP contribution < -0.4 is 0 Å². The van der Waals surface area contributed by atoms with Gasteiger partial charge in [0, 0.05) is 30.1 Å². The first-order valence-electron chi connectivity index (χ1n) is 22.8. The maximum absolute atomic E-state index is 14.6. The molecule has 5 aliphatic rings. The Morgan fingerprint density at radius 3 is 2.13 bits per heavy atom. The Morgan fingerprint density at radius 2 is 1.53 bits per heavy atom. The van der Waals surface area contributed by atoms with E-state index in [1.54, 1.807) is 19.1 Å². The molecule has 14 heteroatoms. The Hall–Kier alpha value is -2.46. The minimum atomic E-state index is -1.54. The first kappa shape index (κ1) is 48.6. The Morgan fingerprint density at radius 1 is 0.850 bits per heavy atom. The van der Waals surface area contributed by atoms with Gasteiger partial charge in [-0.25, -0.2) is 0 Å². The second kappa shape index (κ2) is 19.1. The number of carbonyl (C=O) groups is 4. The lowest BCUT2D eigenvalue weighted by Crippen LogP contribution is -2.63. The number of hydrogen-bond acceptors (Lipinski definition) is 12. The van der Waals surface area contributed by atoms with Crippen LogP contribution in [0.3, 0.4) is 0 Å². The van der Waals surface area contributed by atoms with Gasteiger partial charge in [0.15, 0.2) is 11.9 Å². The summed E-state index contributed by atoms with van der Waals surface area (Å²) in [6.45, 7) is 19.2. The number of ether oxygens (including phenoxy) is 6. The molecule has 5 aliphatic heterocycles. The summed E-state index contributed by atoms with van der Waals surface area (Å²) in [7, 11) is 0.